The van der Waals surface area contributed by atoms with Crippen LogP contribution in [-0.2, 0) is 11.2 Å². The first-order valence-electron chi connectivity index (χ1n) is 2.93. The summed E-state index contributed by atoms with van der Waals surface area (Å²) in [5, 5.41) is 11.7. The molecule has 0 aliphatic heterocycles. The van der Waals surface area contributed by atoms with Gasteiger partial charge in [0.2, 0.25) is 0 Å². The van der Waals surface area contributed by atoms with E-state index in [1.807, 2.05) is 0 Å². The molecule has 5 heteroatoms. The fourth-order valence-electron chi connectivity index (χ4n) is 0.623. The van der Waals surface area contributed by atoms with Crippen molar-refractivity contribution in [2.75, 3.05) is 7.11 Å². The van der Waals surface area contributed by atoms with Crippen molar-refractivity contribution in [3.8, 4) is 5.88 Å². The van der Waals surface area contributed by atoms with Crippen LogP contribution >= 0.6 is 0 Å². The highest BCUT2D eigenvalue weighted by molar-refractivity contribution is 5.69. The van der Waals surface area contributed by atoms with Gasteiger partial charge in [-0.05, 0) is 5.16 Å². The monoisotopic (exact) mass is 157 g/mol. The number of carboxylic acid groups (broad SMARTS) is 1. The third-order valence-corrected chi connectivity index (χ3v) is 1.07. The van der Waals surface area contributed by atoms with Gasteiger partial charge in [0.25, 0.3) is 5.88 Å². The Bertz CT molecular complexity index is 255. The van der Waals surface area contributed by atoms with Crippen molar-refractivity contribution in [1.82, 2.24) is 5.16 Å². The summed E-state index contributed by atoms with van der Waals surface area (Å²) < 4.78 is 9.29. The van der Waals surface area contributed by atoms with Crippen molar-refractivity contribution in [3.05, 3.63) is 11.8 Å². The second kappa shape index (κ2) is 3.05. The van der Waals surface area contributed by atoms with E-state index in [-0.39, 0.29) is 12.2 Å². The van der Waals surface area contributed by atoms with E-state index in [2.05, 4.69) is 14.4 Å². The van der Waals surface area contributed by atoms with Gasteiger partial charge in [0.05, 0.1) is 7.11 Å². The summed E-state index contributed by atoms with van der Waals surface area (Å²) in [5.74, 6) is -0.376. The van der Waals surface area contributed by atoms with Crippen LogP contribution in [-0.4, -0.2) is 23.3 Å². The lowest BCUT2D eigenvalue weighted by Crippen LogP contribution is -1.97. The van der Waals surface area contributed by atoms with Gasteiger partial charge in [-0.15, -0.1) is 0 Å². The Morgan fingerprint density at radius 2 is 2.64 bits per heavy atom. The lowest BCUT2D eigenvalue weighted by atomic mass is 10.3. The third-order valence-electron chi connectivity index (χ3n) is 1.07. The summed E-state index contributed by atoms with van der Waals surface area (Å²) in [5.41, 5.74) is 0. The molecular weight excluding hydrogens is 150 g/mol. The second-order valence-corrected chi connectivity index (χ2v) is 1.91. The largest absolute Gasteiger partial charge is 0.481 e. The molecule has 1 aromatic rings. The Hall–Kier alpha value is -1.52. The first-order valence-corrected chi connectivity index (χ1v) is 2.93. The van der Waals surface area contributed by atoms with E-state index in [4.69, 9.17) is 5.11 Å². The van der Waals surface area contributed by atoms with Gasteiger partial charge >= 0.3 is 5.97 Å². The highest BCUT2D eigenvalue weighted by Crippen LogP contribution is 2.10. The number of nitrogens with zero attached hydrogens (tertiary/aromatic N) is 1. The Kier molecular flexibility index (Phi) is 2.10. The molecule has 0 aromatic carbocycles. The normalized spacial score (nSPS) is 9.55. The fourth-order valence-corrected chi connectivity index (χ4v) is 0.623. The van der Waals surface area contributed by atoms with Crippen LogP contribution in [0.1, 0.15) is 5.76 Å². The Morgan fingerprint density at radius 1 is 1.91 bits per heavy atom. The van der Waals surface area contributed by atoms with E-state index in [1.165, 1.54) is 13.2 Å². The SMILES string of the molecule is COc1cc(CC(=O)O)on1. The van der Waals surface area contributed by atoms with Crippen LogP contribution in [0.25, 0.3) is 0 Å². The minimum Gasteiger partial charge on any atom is -0.481 e. The maximum absolute atomic E-state index is 10.1. The van der Waals surface area contributed by atoms with E-state index in [1.54, 1.807) is 0 Å². The zero-order valence-electron chi connectivity index (χ0n) is 5.90. The lowest BCUT2D eigenvalue weighted by Gasteiger charge is -1.84. The number of carbonyl (C=O) groups is 1. The molecule has 0 aliphatic rings. The molecule has 0 amide bonds. The highest BCUT2D eigenvalue weighted by atomic mass is 16.5. The summed E-state index contributed by atoms with van der Waals surface area (Å²) in [4.78, 5) is 10.1. The van der Waals surface area contributed by atoms with Crippen LogP contribution in [0.4, 0.5) is 0 Å². The maximum atomic E-state index is 10.1. The van der Waals surface area contributed by atoms with Crippen LogP contribution in [0, 0.1) is 0 Å². The molecule has 5 nitrogen and oxygen atoms in total. The molecule has 0 unspecified atom stereocenters. The molecule has 0 spiro atoms. The molecule has 1 rings (SSSR count). The van der Waals surface area contributed by atoms with Crippen molar-refractivity contribution < 1.29 is 19.2 Å². The van der Waals surface area contributed by atoms with Gasteiger partial charge in [0.1, 0.15) is 6.42 Å². The summed E-state index contributed by atoms with van der Waals surface area (Å²) in [6.45, 7) is 0. The summed E-state index contributed by atoms with van der Waals surface area (Å²) in [6.07, 6.45) is -0.170. The van der Waals surface area contributed by atoms with Crippen LogP contribution < -0.4 is 4.74 Å². The number of rotatable bonds is 3. The van der Waals surface area contributed by atoms with Gasteiger partial charge < -0.3 is 14.4 Å². The van der Waals surface area contributed by atoms with Crippen LogP contribution in [0.2, 0.25) is 0 Å². The first kappa shape index (κ1) is 7.59. The topological polar surface area (TPSA) is 72.6 Å². The standard InChI is InChI=1S/C6H7NO4/c1-10-5-2-4(11-7-5)3-6(8)9/h2H,3H2,1H3,(H,8,9). The minimum atomic E-state index is -0.955. The van der Waals surface area contributed by atoms with E-state index in [0.29, 0.717) is 5.88 Å². The predicted octanol–water partition coefficient (Wildman–Crippen LogP) is 0.310. The molecule has 11 heavy (non-hydrogen) atoms. The van der Waals surface area contributed by atoms with Gasteiger partial charge in [-0.3, -0.25) is 4.79 Å². The Morgan fingerprint density at radius 3 is 3.09 bits per heavy atom. The fraction of sp³-hybridized carbons (Fsp3) is 0.333. The third kappa shape index (κ3) is 1.96. The number of hydrogen-bond acceptors (Lipinski definition) is 4. The van der Waals surface area contributed by atoms with Gasteiger partial charge in [0.15, 0.2) is 5.76 Å². The minimum absolute atomic E-state index is 0.170. The van der Waals surface area contributed by atoms with Crippen molar-refractivity contribution in [1.29, 1.82) is 0 Å². The quantitative estimate of drug-likeness (QED) is 0.683. The highest BCUT2D eigenvalue weighted by Gasteiger charge is 2.07. The molecule has 0 saturated heterocycles. The molecule has 1 N–H and O–H groups in total. The second-order valence-electron chi connectivity index (χ2n) is 1.91. The number of carboxylic acids is 1. The zero-order chi connectivity index (χ0) is 8.27. The molecule has 0 saturated carbocycles. The van der Waals surface area contributed by atoms with Crippen LogP contribution in [0.15, 0.2) is 10.6 Å². The molecule has 1 aromatic heterocycles. The van der Waals surface area contributed by atoms with Gasteiger partial charge in [-0.1, -0.05) is 0 Å². The smallest absolute Gasteiger partial charge is 0.311 e. The van der Waals surface area contributed by atoms with Gasteiger partial charge in [0, 0.05) is 6.07 Å². The molecule has 0 fully saturated rings. The summed E-state index contributed by atoms with van der Waals surface area (Å²) >= 11 is 0. The molecule has 0 atom stereocenters. The average molecular weight is 157 g/mol. The van der Waals surface area contributed by atoms with Crippen LogP contribution in [0.3, 0.4) is 0 Å². The Balaban J connectivity index is 2.65. The number of methoxy groups -OCH3 is 1. The van der Waals surface area contributed by atoms with Crippen molar-refractivity contribution in [2.45, 2.75) is 6.42 Å². The van der Waals surface area contributed by atoms with Crippen molar-refractivity contribution in [2.24, 2.45) is 0 Å². The number of hydrogen-bond donors (Lipinski definition) is 1. The molecular formula is C6H7NO4. The average Bonchev–Trinajstić information content (AvgIpc) is 2.34. The molecule has 1 heterocycles. The summed E-state index contributed by atoms with van der Waals surface area (Å²) in [6, 6.07) is 1.44. The molecule has 0 aliphatic carbocycles. The number of aliphatic carboxylic acids is 1. The van der Waals surface area contributed by atoms with E-state index in [0.717, 1.165) is 0 Å². The van der Waals surface area contributed by atoms with Crippen molar-refractivity contribution >= 4 is 5.97 Å². The van der Waals surface area contributed by atoms with Crippen molar-refractivity contribution in [3.63, 3.8) is 0 Å². The zero-order valence-corrected chi connectivity index (χ0v) is 5.90. The number of ether oxygens (including phenoxy) is 1. The molecule has 0 bridgehead atoms. The number of aromatic nitrogens is 1. The first-order chi connectivity index (χ1) is 5.22. The predicted molar refractivity (Wildman–Crippen MR) is 34.4 cm³/mol. The lowest BCUT2D eigenvalue weighted by molar-refractivity contribution is -0.136. The van der Waals surface area contributed by atoms with E-state index >= 15 is 0 Å². The van der Waals surface area contributed by atoms with Crippen LogP contribution in [0.5, 0.6) is 5.88 Å². The summed E-state index contributed by atoms with van der Waals surface area (Å²) in [7, 11) is 1.43. The van der Waals surface area contributed by atoms with E-state index in [9.17, 15) is 4.79 Å². The maximum Gasteiger partial charge on any atom is 0.311 e. The molecule has 60 valence electrons. The molecule has 0 radical (unpaired) electrons. The van der Waals surface area contributed by atoms with Gasteiger partial charge in [-0.2, -0.15) is 0 Å². The van der Waals surface area contributed by atoms with Gasteiger partial charge in [-0.25, -0.2) is 0 Å². The Labute approximate surface area is 62.6 Å². The van der Waals surface area contributed by atoms with E-state index < -0.39 is 5.97 Å².